The Morgan fingerprint density at radius 3 is 2.23 bits per heavy atom. The summed E-state index contributed by atoms with van der Waals surface area (Å²) in [4.78, 5) is 12.7. The van der Waals surface area contributed by atoms with Crippen molar-refractivity contribution in [2.75, 3.05) is 6.61 Å². The Balaban J connectivity index is 1.50. The Morgan fingerprint density at radius 2 is 1.60 bits per heavy atom. The predicted molar refractivity (Wildman–Crippen MR) is 118 cm³/mol. The zero-order chi connectivity index (χ0) is 20.9. The lowest BCUT2D eigenvalue weighted by molar-refractivity contribution is -0.144. The molecule has 3 aromatic rings. The molecule has 2 atom stereocenters. The Labute approximate surface area is 177 Å². The smallest absolute Gasteiger partial charge is 0.316 e. The number of carbonyl (C=O) groups is 1. The van der Waals surface area contributed by atoms with Crippen molar-refractivity contribution in [1.29, 1.82) is 0 Å². The molecule has 1 heterocycles. The number of hydrogen-bond acceptors (Lipinski definition) is 4. The lowest BCUT2D eigenvalue weighted by atomic mass is 9.90. The first kappa shape index (κ1) is 19.4. The van der Waals surface area contributed by atoms with Gasteiger partial charge in [-0.1, -0.05) is 31.2 Å². The second-order valence-electron chi connectivity index (χ2n) is 9.30. The molecule has 0 bridgehead atoms. The van der Waals surface area contributed by atoms with Crippen LogP contribution < -0.4 is 9.47 Å². The lowest BCUT2D eigenvalue weighted by Gasteiger charge is -2.21. The van der Waals surface area contributed by atoms with E-state index in [0.717, 1.165) is 46.6 Å². The zero-order valence-corrected chi connectivity index (χ0v) is 17.8. The van der Waals surface area contributed by atoms with Crippen LogP contribution in [0.2, 0.25) is 0 Å². The Kier molecular flexibility index (Phi) is 4.70. The number of ether oxygens (including phenoxy) is 3. The van der Waals surface area contributed by atoms with Gasteiger partial charge in [0.2, 0.25) is 0 Å². The molecule has 0 N–H and O–H groups in total. The number of rotatable bonds is 6. The van der Waals surface area contributed by atoms with Gasteiger partial charge in [0.15, 0.2) is 0 Å². The van der Waals surface area contributed by atoms with Crippen LogP contribution in [0.4, 0.5) is 0 Å². The normalized spacial score (nSPS) is 22.8. The fourth-order valence-electron chi connectivity index (χ4n) is 4.27. The van der Waals surface area contributed by atoms with E-state index < -0.39 is 5.41 Å². The quantitative estimate of drug-likeness (QED) is 0.222. The molecule has 4 nitrogen and oxygen atoms in total. The van der Waals surface area contributed by atoms with Gasteiger partial charge in [-0.25, -0.2) is 0 Å². The molecule has 2 aliphatic rings. The highest BCUT2D eigenvalue weighted by atomic mass is 16.6. The third-order valence-corrected chi connectivity index (χ3v) is 6.74. The third-order valence-electron chi connectivity index (χ3n) is 6.74. The summed E-state index contributed by atoms with van der Waals surface area (Å²) in [7, 11) is 0. The molecular formula is C26H28O4. The summed E-state index contributed by atoms with van der Waals surface area (Å²) in [6.45, 7) is 6.53. The lowest BCUT2D eigenvalue weighted by Crippen LogP contribution is -2.28. The van der Waals surface area contributed by atoms with E-state index in [0.29, 0.717) is 30.5 Å². The van der Waals surface area contributed by atoms with Crippen LogP contribution in [0.3, 0.4) is 0 Å². The molecule has 3 aromatic carbocycles. The first-order valence-electron chi connectivity index (χ1n) is 10.9. The molecule has 2 unspecified atom stereocenters. The van der Waals surface area contributed by atoms with Crippen LogP contribution in [0.1, 0.15) is 40.0 Å². The van der Waals surface area contributed by atoms with Gasteiger partial charge in [0.25, 0.3) is 0 Å². The van der Waals surface area contributed by atoms with Crippen molar-refractivity contribution in [3.63, 3.8) is 0 Å². The van der Waals surface area contributed by atoms with Crippen LogP contribution in [-0.4, -0.2) is 24.8 Å². The molecule has 156 valence electrons. The Morgan fingerprint density at radius 1 is 1.00 bits per heavy atom. The van der Waals surface area contributed by atoms with Crippen LogP contribution in [0, 0.1) is 11.3 Å². The average molecular weight is 405 g/mol. The Hall–Kier alpha value is -2.59. The largest absolute Gasteiger partial charge is 0.493 e. The first-order valence-corrected chi connectivity index (χ1v) is 10.9. The molecule has 0 radical (unpaired) electrons. The second kappa shape index (κ2) is 7.28. The van der Waals surface area contributed by atoms with Gasteiger partial charge in [-0.2, -0.15) is 0 Å². The summed E-state index contributed by atoms with van der Waals surface area (Å²) in [6, 6.07) is 16.3. The molecular weight excluding hydrogens is 376 g/mol. The van der Waals surface area contributed by atoms with Gasteiger partial charge in [0, 0.05) is 10.8 Å². The maximum atomic E-state index is 12.7. The molecule has 4 heteroatoms. The van der Waals surface area contributed by atoms with Crippen molar-refractivity contribution in [2.45, 2.75) is 52.2 Å². The minimum atomic E-state index is -0.524. The summed E-state index contributed by atoms with van der Waals surface area (Å²) in [5.74, 6) is 1.77. The summed E-state index contributed by atoms with van der Waals surface area (Å²) >= 11 is 0. The van der Waals surface area contributed by atoms with E-state index in [-0.39, 0.29) is 5.97 Å². The van der Waals surface area contributed by atoms with Gasteiger partial charge in [-0.05, 0) is 74.1 Å². The number of esters is 1. The maximum Gasteiger partial charge on any atom is 0.316 e. The van der Waals surface area contributed by atoms with Gasteiger partial charge < -0.3 is 14.2 Å². The molecule has 1 aliphatic carbocycles. The van der Waals surface area contributed by atoms with Crippen molar-refractivity contribution >= 4 is 27.5 Å². The van der Waals surface area contributed by atoms with Crippen LogP contribution in [0.25, 0.3) is 21.5 Å². The molecule has 30 heavy (non-hydrogen) atoms. The van der Waals surface area contributed by atoms with Crippen LogP contribution in [0.15, 0.2) is 48.5 Å². The van der Waals surface area contributed by atoms with Crippen molar-refractivity contribution in [1.82, 2.24) is 0 Å². The second-order valence-corrected chi connectivity index (χ2v) is 9.30. The summed E-state index contributed by atoms with van der Waals surface area (Å²) in [6.07, 6.45) is 3.83. The first-order chi connectivity index (χ1) is 14.4. The highest BCUT2D eigenvalue weighted by Gasteiger charge is 2.48. The van der Waals surface area contributed by atoms with Gasteiger partial charge in [0.1, 0.15) is 11.5 Å². The van der Waals surface area contributed by atoms with E-state index in [1.54, 1.807) is 0 Å². The summed E-state index contributed by atoms with van der Waals surface area (Å²) < 4.78 is 17.7. The van der Waals surface area contributed by atoms with Crippen LogP contribution in [0.5, 0.6) is 11.5 Å². The molecule has 1 saturated heterocycles. The van der Waals surface area contributed by atoms with E-state index in [4.69, 9.17) is 14.2 Å². The molecule has 0 amide bonds. The van der Waals surface area contributed by atoms with Crippen LogP contribution in [-0.2, 0) is 9.53 Å². The van der Waals surface area contributed by atoms with Crippen molar-refractivity contribution in [3.8, 4) is 11.5 Å². The van der Waals surface area contributed by atoms with Gasteiger partial charge >= 0.3 is 5.97 Å². The molecule has 0 aromatic heterocycles. The van der Waals surface area contributed by atoms with Crippen molar-refractivity contribution in [2.24, 2.45) is 11.3 Å². The van der Waals surface area contributed by atoms with E-state index in [1.807, 2.05) is 45.0 Å². The fourth-order valence-corrected chi connectivity index (χ4v) is 4.27. The van der Waals surface area contributed by atoms with Crippen molar-refractivity contribution in [3.05, 3.63) is 48.5 Å². The fraction of sp³-hybridized carbons (Fsp3) is 0.423. The number of carbonyl (C=O) groups excluding carboxylic acids is 1. The summed E-state index contributed by atoms with van der Waals surface area (Å²) in [5, 5.41) is 4.14. The molecule has 0 spiro atoms. The zero-order valence-electron chi connectivity index (χ0n) is 17.8. The van der Waals surface area contributed by atoms with Gasteiger partial charge in [0.05, 0.1) is 24.2 Å². The molecule has 2 fully saturated rings. The van der Waals surface area contributed by atoms with E-state index in [2.05, 4.69) is 24.3 Å². The molecule has 1 aliphatic heterocycles. The maximum absolute atomic E-state index is 12.7. The standard InChI is InChI=1S/C26H28O4/c1-4-26(2,3)25(27)30-22-10-9-21(28-15-16-11-23-24(12-16)29-23)19-13-17-7-5-6-8-18(17)14-20(19)22/h5-10,13-14,16,23-24H,4,11-12,15H2,1-3H3. The monoisotopic (exact) mass is 404 g/mol. The molecule has 1 saturated carbocycles. The topological polar surface area (TPSA) is 48.1 Å². The third kappa shape index (κ3) is 3.54. The number of benzene rings is 3. The molecule has 5 rings (SSSR count). The van der Waals surface area contributed by atoms with E-state index in [9.17, 15) is 4.79 Å². The predicted octanol–water partition coefficient (Wildman–Crippen LogP) is 5.89. The van der Waals surface area contributed by atoms with E-state index in [1.165, 1.54) is 0 Å². The van der Waals surface area contributed by atoms with E-state index >= 15 is 0 Å². The highest BCUT2D eigenvalue weighted by molar-refractivity contribution is 6.04. The number of epoxide rings is 1. The highest BCUT2D eigenvalue weighted by Crippen LogP contribution is 2.43. The SMILES string of the molecule is CCC(C)(C)C(=O)Oc1ccc(OCC2CC3OC3C2)c2cc3ccccc3cc12. The van der Waals surface area contributed by atoms with Crippen LogP contribution >= 0.6 is 0 Å². The Bertz CT molecular complexity index is 1110. The van der Waals surface area contributed by atoms with Gasteiger partial charge in [-0.15, -0.1) is 0 Å². The van der Waals surface area contributed by atoms with Gasteiger partial charge in [-0.3, -0.25) is 4.79 Å². The minimum Gasteiger partial charge on any atom is -0.493 e. The average Bonchev–Trinajstić information content (AvgIpc) is 3.37. The number of fused-ring (bicyclic) bond motifs is 3. The van der Waals surface area contributed by atoms with Crippen molar-refractivity contribution < 1.29 is 19.0 Å². The summed E-state index contributed by atoms with van der Waals surface area (Å²) in [5.41, 5.74) is -0.524. The number of hydrogen-bond donors (Lipinski definition) is 0. The minimum absolute atomic E-state index is 0.210.